The van der Waals surface area contributed by atoms with E-state index >= 15 is 0 Å². The molecule has 2 aromatic carbocycles. The van der Waals surface area contributed by atoms with Crippen molar-refractivity contribution < 1.29 is 19.1 Å². The second-order valence-corrected chi connectivity index (χ2v) is 7.95. The fourth-order valence-corrected chi connectivity index (χ4v) is 4.31. The van der Waals surface area contributed by atoms with Crippen LogP contribution in [0.4, 0.5) is 11.4 Å². The van der Waals surface area contributed by atoms with Gasteiger partial charge in [-0.2, -0.15) is 0 Å². The van der Waals surface area contributed by atoms with E-state index in [9.17, 15) is 14.4 Å². The van der Waals surface area contributed by atoms with Crippen molar-refractivity contribution in [1.29, 1.82) is 0 Å². The number of hydrogen-bond acceptors (Lipinski definition) is 4. The van der Waals surface area contributed by atoms with Crippen LogP contribution in [0.1, 0.15) is 23.7 Å². The third-order valence-corrected chi connectivity index (χ3v) is 5.91. The molecule has 7 heteroatoms. The molecule has 2 aromatic rings. The zero-order chi connectivity index (χ0) is 21.4. The van der Waals surface area contributed by atoms with Gasteiger partial charge in [0.25, 0.3) is 5.91 Å². The Balaban J connectivity index is 1.54. The molecular weight excluding hydrogens is 404 g/mol. The largest absolute Gasteiger partial charge is 0.495 e. The van der Waals surface area contributed by atoms with E-state index in [0.717, 1.165) is 0 Å². The highest BCUT2D eigenvalue weighted by molar-refractivity contribution is 6.31. The molecule has 30 heavy (non-hydrogen) atoms. The van der Waals surface area contributed by atoms with E-state index in [4.69, 9.17) is 16.3 Å². The summed E-state index contributed by atoms with van der Waals surface area (Å²) >= 11 is 6.01. The molecule has 0 unspecified atom stereocenters. The molecule has 0 saturated carbocycles. The molecule has 1 N–H and O–H groups in total. The molecule has 2 aliphatic rings. The highest BCUT2D eigenvalue weighted by atomic mass is 35.5. The van der Waals surface area contributed by atoms with E-state index in [1.807, 2.05) is 19.1 Å². The number of carbonyl (C=O) groups excluding carboxylic acids is 3. The van der Waals surface area contributed by atoms with Crippen LogP contribution in [0.15, 0.2) is 54.6 Å². The summed E-state index contributed by atoms with van der Waals surface area (Å²) in [6.45, 7) is 1.96. The molecule has 3 atom stereocenters. The van der Waals surface area contributed by atoms with Gasteiger partial charge in [-0.05, 0) is 54.8 Å². The number of halogens is 1. The van der Waals surface area contributed by atoms with E-state index < -0.39 is 0 Å². The number of methoxy groups -OCH3 is 1. The van der Waals surface area contributed by atoms with Crippen LogP contribution in [0.5, 0.6) is 5.75 Å². The van der Waals surface area contributed by atoms with Crippen LogP contribution in [0, 0.1) is 17.8 Å². The minimum atomic E-state index is -0.354. The lowest BCUT2D eigenvalue weighted by atomic mass is 9.78. The smallest absolute Gasteiger partial charge is 0.255 e. The van der Waals surface area contributed by atoms with Crippen molar-refractivity contribution in [1.82, 2.24) is 0 Å². The Morgan fingerprint density at radius 3 is 2.53 bits per heavy atom. The summed E-state index contributed by atoms with van der Waals surface area (Å²) in [6.07, 6.45) is 4.55. The maximum absolute atomic E-state index is 12.9. The Hall–Kier alpha value is -3.12. The summed E-state index contributed by atoms with van der Waals surface area (Å²) in [4.78, 5) is 39.6. The topological polar surface area (TPSA) is 75.7 Å². The van der Waals surface area contributed by atoms with Crippen LogP contribution in [0.2, 0.25) is 5.02 Å². The van der Waals surface area contributed by atoms with E-state index in [0.29, 0.717) is 34.1 Å². The summed E-state index contributed by atoms with van der Waals surface area (Å²) in [5, 5.41) is 3.24. The zero-order valence-electron chi connectivity index (χ0n) is 16.6. The van der Waals surface area contributed by atoms with Gasteiger partial charge in [0.1, 0.15) is 5.75 Å². The molecule has 1 saturated heterocycles. The summed E-state index contributed by atoms with van der Waals surface area (Å²) < 4.78 is 5.24. The lowest BCUT2D eigenvalue weighted by molar-refractivity contribution is -0.122. The number of rotatable bonds is 4. The van der Waals surface area contributed by atoms with E-state index in [1.54, 1.807) is 42.5 Å². The quantitative estimate of drug-likeness (QED) is 0.586. The van der Waals surface area contributed by atoms with Gasteiger partial charge >= 0.3 is 0 Å². The number of nitrogens with zero attached hydrogens (tertiary/aromatic N) is 1. The predicted molar refractivity (Wildman–Crippen MR) is 115 cm³/mol. The predicted octanol–water partition coefficient (Wildman–Crippen LogP) is 4.30. The maximum Gasteiger partial charge on any atom is 0.255 e. The molecule has 1 fully saturated rings. The van der Waals surface area contributed by atoms with Crippen LogP contribution in [-0.4, -0.2) is 24.8 Å². The number of benzene rings is 2. The Labute approximate surface area is 179 Å². The number of fused-ring (bicyclic) bond motifs is 1. The second kappa shape index (κ2) is 7.95. The summed E-state index contributed by atoms with van der Waals surface area (Å²) in [5.41, 5.74) is 1.31. The number of anilines is 2. The molecule has 1 aliphatic carbocycles. The first-order valence-electron chi connectivity index (χ1n) is 9.70. The first kappa shape index (κ1) is 20.2. The zero-order valence-corrected chi connectivity index (χ0v) is 17.3. The van der Waals surface area contributed by atoms with Gasteiger partial charge in [-0.25, -0.2) is 0 Å². The molecule has 0 radical (unpaired) electrons. The van der Waals surface area contributed by atoms with Gasteiger partial charge in [0.15, 0.2) is 0 Å². The normalized spacial score (nSPS) is 22.8. The first-order chi connectivity index (χ1) is 14.4. The van der Waals surface area contributed by atoms with Crippen LogP contribution < -0.4 is 15.0 Å². The summed E-state index contributed by atoms with van der Waals surface area (Å²) in [6, 6.07) is 11.4. The van der Waals surface area contributed by atoms with Gasteiger partial charge in [-0.3, -0.25) is 19.3 Å². The van der Waals surface area contributed by atoms with E-state index in [2.05, 4.69) is 5.32 Å². The van der Waals surface area contributed by atoms with Gasteiger partial charge in [0.2, 0.25) is 11.8 Å². The monoisotopic (exact) mass is 424 g/mol. The third-order valence-electron chi connectivity index (χ3n) is 5.67. The molecular formula is C23H21ClN2O4. The van der Waals surface area contributed by atoms with Crippen molar-refractivity contribution >= 4 is 40.7 Å². The number of amides is 3. The number of ether oxygens (including phenoxy) is 1. The average Bonchev–Trinajstić information content (AvgIpc) is 2.99. The van der Waals surface area contributed by atoms with Gasteiger partial charge in [0.05, 0.1) is 30.3 Å². The van der Waals surface area contributed by atoms with E-state index in [1.165, 1.54) is 12.0 Å². The fourth-order valence-electron chi connectivity index (χ4n) is 4.14. The van der Waals surface area contributed by atoms with Crippen LogP contribution >= 0.6 is 11.6 Å². The number of carbonyl (C=O) groups is 3. The Morgan fingerprint density at radius 1 is 1.13 bits per heavy atom. The summed E-state index contributed by atoms with van der Waals surface area (Å²) in [7, 11) is 1.51. The molecule has 1 heterocycles. The highest BCUT2D eigenvalue weighted by Crippen LogP contribution is 2.40. The van der Waals surface area contributed by atoms with Crippen molar-refractivity contribution in [3.05, 3.63) is 65.2 Å². The van der Waals surface area contributed by atoms with Crippen LogP contribution in [0.3, 0.4) is 0 Å². The lowest BCUT2D eigenvalue weighted by Gasteiger charge is -2.22. The minimum absolute atomic E-state index is 0.0305. The molecule has 154 valence electrons. The second-order valence-electron chi connectivity index (χ2n) is 7.51. The SMILES string of the molecule is COc1ccc(Cl)cc1NC(=O)c1ccc(N2C(=O)[C@H]3[C@H](C)C=CC[C@H]3C2=O)cc1. The van der Waals surface area contributed by atoms with Gasteiger partial charge in [-0.1, -0.05) is 30.7 Å². The Kier molecular flexibility index (Phi) is 5.35. The first-order valence-corrected chi connectivity index (χ1v) is 10.1. The van der Waals surface area contributed by atoms with Crippen LogP contribution in [0.25, 0.3) is 0 Å². The minimum Gasteiger partial charge on any atom is -0.495 e. The molecule has 0 spiro atoms. The highest BCUT2D eigenvalue weighted by Gasteiger charge is 2.50. The lowest BCUT2D eigenvalue weighted by Crippen LogP contribution is -2.31. The fraction of sp³-hybridized carbons (Fsp3) is 0.261. The van der Waals surface area contributed by atoms with Gasteiger partial charge in [0, 0.05) is 10.6 Å². The van der Waals surface area contributed by atoms with Crippen molar-refractivity contribution in [3.8, 4) is 5.75 Å². The van der Waals surface area contributed by atoms with Crippen molar-refractivity contribution in [2.75, 3.05) is 17.3 Å². The number of nitrogens with one attached hydrogen (secondary N) is 1. The van der Waals surface area contributed by atoms with Crippen LogP contribution in [-0.2, 0) is 9.59 Å². The van der Waals surface area contributed by atoms with Crippen molar-refractivity contribution in [2.24, 2.45) is 17.8 Å². The number of hydrogen-bond donors (Lipinski definition) is 1. The van der Waals surface area contributed by atoms with Crippen molar-refractivity contribution in [2.45, 2.75) is 13.3 Å². The molecule has 0 bridgehead atoms. The number of imide groups is 1. The molecule has 0 aromatic heterocycles. The molecule has 4 rings (SSSR count). The van der Waals surface area contributed by atoms with Gasteiger partial charge in [-0.15, -0.1) is 0 Å². The Morgan fingerprint density at radius 2 is 1.87 bits per heavy atom. The number of allylic oxidation sites excluding steroid dienone is 2. The van der Waals surface area contributed by atoms with E-state index in [-0.39, 0.29) is 35.5 Å². The maximum atomic E-state index is 12.9. The molecule has 3 amide bonds. The third kappa shape index (κ3) is 3.48. The standard InChI is InChI=1S/C23H21ClN2O4/c1-13-4-3-5-17-20(13)23(29)26(22(17)28)16-9-6-14(7-10-16)21(27)25-18-12-15(24)8-11-19(18)30-2/h3-4,6-13,17,20H,5H2,1-2H3,(H,25,27)/t13-,17-,20+/m1/s1. The molecule has 6 nitrogen and oxygen atoms in total. The average molecular weight is 425 g/mol. The van der Waals surface area contributed by atoms with Crippen molar-refractivity contribution in [3.63, 3.8) is 0 Å². The summed E-state index contributed by atoms with van der Waals surface area (Å²) in [5.74, 6) is -0.820. The molecule has 1 aliphatic heterocycles. The Bertz CT molecular complexity index is 1050. The van der Waals surface area contributed by atoms with Gasteiger partial charge < -0.3 is 10.1 Å².